The third-order valence-corrected chi connectivity index (χ3v) is 8.07. The van der Waals surface area contributed by atoms with E-state index in [1.165, 1.54) is 0 Å². The van der Waals surface area contributed by atoms with E-state index in [2.05, 4.69) is 10.6 Å². The van der Waals surface area contributed by atoms with E-state index < -0.39 is 5.79 Å². The number of nitrogens with one attached hydrogen (secondary N) is 3. The van der Waals surface area contributed by atoms with Gasteiger partial charge in [0.05, 0.1) is 38.2 Å². The molecule has 0 radical (unpaired) electrons. The average molecular weight is 566 g/mol. The number of aldehydes is 1. The van der Waals surface area contributed by atoms with Crippen molar-refractivity contribution in [1.29, 1.82) is 5.41 Å². The minimum atomic E-state index is -0.599. The van der Waals surface area contributed by atoms with Gasteiger partial charge < -0.3 is 30.6 Å². The summed E-state index contributed by atoms with van der Waals surface area (Å²) >= 11 is 1.65. The molecule has 0 bridgehead atoms. The Bertz CT molecular complexity index is 1250. The van der Waals surface area contributed by atoms with Crippen LogP contribution < -0.4 is 16.4 Å². The van der Waals surface area contributed by atoms with Crippen molar-refractivity contribution in [3.05, 3.63) is 71.1 Å². The standard InChI is InChI=1S/C15H13NO2.C14H22N4O3S/c17-10-9-16-15(18)14-8-4-7-13(11-14)12-5-2-1-3-6-12;1-18-8-14(20-2-3-21-14)5-11(18)13(19)17-6-10-4-9(7-22-10)12(15)16/h1-8,10-11H,9H2,(H,16,18);4,9,11H,2-3,5-8H2,1H3,(H3,15,16)(H,17,19). The summed E-state index contributed by atoms with van der Waals surface area (Å²) in [4.78, 5) is 37.4. The Labute approximate surface area is 238 Å². The molecule has 10 nitrogen and oxygen atoms in total. The molecule has 2 aromatic carbocycles. The first-order valence-corrected chi connectivity index (χ1v) is 14.1. The number of hydrogen-bond donors (Lipinski definition) is 4. The maximum atomic E-state index is 12.4. The lowest BCUT2D eigenvalue weighted by Crippen LogP contribution is -2.41. The molecule has 2 amide bonds. The van der Waals surface area contributed by atoms with Crippen molar-refractivity contribution >= 4 is 35.7 Å². The van der Waals surface area contributed by atoms with Gasteiger partial charge in [-0.25, -0.2) is 0 Å². The molecule has 0 aromatic heterocycles. The molecular formula is C29H35N5O5S. The molecule has 2 saturated heterocycles. The molecule has 3 heterocycles. The van der Waals surface area contributed by atoms with Crippen molar-refractivity contribution < 1.29 is 23.9 Å². The lowest BCUT2D eigenvalue weighted by atomic mass is 10.0. The van der Waals surface area contributed by atoms with Crippen molar-refractivity contribution in [3.8, 4) is 11.1 Å². The van der Waals surface area contributed by atoms with E-state index >= 15 is 0 Å². The molecule has 1 spiro atoms. The molecule has 2 unspecified atom stereocenters. The number of thioether (sulfide) groups is 1. The van der Waals surface area contributed by atoms with Crippen LogP contribution in [0.15, 0.2) is 65.6 Å². The smallest absolute Gasteiger partial charge is 0.251 e. The number of carbonyl (C=O) groups excluding carboxylic acids is 3. The summed E-state index contributed by atoms with van der Waals surface area (Å²) in [5, 5.41) is 12.9. The van der Waals surface area contributed by atoms with E-state index in [1.54, 1.807) is 17.8 Å². The SMILES string of the molecule is CN1CC2(CC1C(=O)NCC1=CC(C(=N)N)CS1)OCCO2.O=CCNC(=O)c1cccc(-c2ccccc2)c1. The van der Waals surface area contributed by atoms with Gasteiger partial charge in [0.1, 0.15) is 6.29 Å². The van der Waals surface area contributed by atoms with Crippen LogP contribution in [-0.4, -0.2) is 86.3 Å². The van der Waals surface area contributed by atoms with Crippen LogP contribution >= 0.6 is 11.8 Å². The van der Waals surface area contributed by atoms with Gasteiger partial charge in [-0.05, 0) is 30.3 Å². The summed E-state index contributed by atoms with van der Waals surface area (Å²) in [6.07, 6.45) is 3.20. The number of carbonyl (C=O) groups is 3. The molecule has 40 heavy (non-hydrogen) atoms. The van der Waals surface area contributed by atoms with Crippen LogP contribution in [-0.2, 0) is 19.1 Å². The monoisotopic (exact) mass is 565 g/mol. The number of amidine groups is 1. The van der Waals surface area contributed by atoms with Gasteiger partial charge in [0.15, 0.2) is 5.79 Å². The molecule has 3 aliphatic heterocycles. The first-order chi connectivity index (χ1) is 19.3. The van der Waals surface area contributed by atoms with Crippen LogP contribution in [0.2, 0.25) is 0 Å². The summed E-state index contributed by atoms with van der Waals surface area (Å²) in [5.41, 5.74) is 8.10. The van der Waals surface area contributed by atoms with E-state index in [9.17, 15) is 14.4 Å². The maximum absolute atomic E-state index is 12.4. The number of ether oxygens (including phenoxy) is 2. The van der Waals surface area contributed by atoms with Crippen molar-refractivity contribution in [3.63, 3.8) is 0 Å². The molecule has 2 aromatic rings. The molecule has 5 N–H and O–H groups in total. The highest BCUT2D eigenvalue weighted by atomic mass is 32.2. The Balaban J connectivity index is 0.000000189. The van der Waals surface area contributed by atoms with E-state index in [-0.39, 0.29) is 36.2 Å². The number of amides is 2. The van der Waals surface area contributed by atoms with E-state index in [0.29, 0.717) is 44.6 Å². The van der Waals surface area contributed by atoms with Crippen molar-refractivity contribution in [2.45, 2.75) is 18.2 Å². The fourth-order valence-corrected chi connectivity index (χ4v) is 5.91. The van der Waals surface area contributed by atoms with Gasteiger partial charge in [-0.3, -0.25) is 19.9 Å². The minimum absolute atomic E-state index is 0.00499. The van der Waals surface area contributed by atoms with Crippen LogP contribution in [0.3, 0.4) is 0 Å². The summed E-state index contributed by atoms with van der Waals surface area (Å²) in [6.45, 7) is 2.34. The maximum Gasteiger partial charge on any atom is 0.251 e. The summed E-state index contributed by atoms with van der Waals surface area (Å²) in [6, 6.07) is 16.9. The second-order valence-electron chi connectivity index (χ2n) is 9.79. The summed E-state index contributed by atoms with van der Waals surface area (Å²) in [7, 11) is 1.92. The molecule has 3 aliphatic rings. The van der Waals surface area contributed by atoms with E-state index in [4.69, 9.17) is 20.6 Å². The molecule has 2 atom stereocenters. The lowest BCUT2D eigenvalue weighted by molar-refractivity contribution is -0.146. The van der Waals surface area contributed by atoms with E-state index in [0.717, 1.165) is 21.8 Å². The number of nitrogens with zero attached hydrogens (tertiary/aromatic N) is 1. The first kappa shape index (κ1) is 29.5. The van der Waals surface area contributed by atoms with Crippen molar-refractivity contribution in [1.82, 2.24) is 15.5 Å². The molecule has 5 rings (SSSR count). The van der Waals surface area contributed by atoms with Gasteiger partial charge in [0.2, 0.25) is 5.91 Å². The lowest BCUT2D eigenvalue weighted by Gasteiger charge is -2.20. The zero-order chi connectivity index (χ0) is 28.5. The van der Waals surface area contributed by atoms with Gasteiger partial charge in [0, 0.05) is 35.1 Å². The zero-order valence-electron chi connectivity index (χ0n) is 22.4. The number of nitrogens with two attached hydrogens (primary N) is 1. The van der Waals surface area contributed by atoms with E-state index in [1.807, 2.05) is 66.6 Å². The van der Waals surface area contributed by atoms with Gasteiger partial charge in [0.25, 0.3) is 5.91 Å². The molecule has 0 saturated carbocycles. The Morgan fingerprint density at radius 2 is 1.85 bits per heavy atom. The Kier molecular flexibility index (Phi) is 10.1. The first-order valence-electron chi connectivity index (χ1n) is 13.1. The Morgan fingerprint density at radius 3 is 2.52 bits per heavy atom. The Hall–Kier alpha value is -3.51. The predicted octanol–water partition coefficient (Wildman–Crippen LogP) is 2.01. The van der Waals surface area contributed by atoms with Crippen molar-refractivity contribution in [2.75, 3.05) is 45.6 Å². The number of hydrogen-bond acceptors (Lipinski definition) is 8. The van der Waals surface area contributed by atoms with Gasteiger partial charge in [-0.2, -0.15) is 0 Å². The van der Waals surface area contributed by atoms with Gasteiger partial charge in [-0.1, -0.05) is 48.5 Å². The van der Waals surface area contributed by atoms with Gasteiger partial charge >= 0.3 is 0 Å². The highest BCUT2D eigenvalue weighted by Gasteiger charge is 2.49. The average Bonchev–Trinajstić information content (AvgIpc) is 3.72. The normalized spacial score (nSPS) is 21.3. The zero-order valence-corrected chi connectivity index (χ0v) is 23.2. The second-order valence-corrected chi connectivity index (χ2v) is 10.9. The van der Waals surface area contributed by atoms with Crippen molar-refractivity contribution in [2.24, 2.45) is 11.7 Å². The molecule has 11 heteroatoms. The minimum Gasteiger partial charge on any atom is -0.387 e. The largest absolute Gasteiger partial charge is 0.387 e. The highest BCUT2D eigenvalue weighted by Crippen LogP contribution is 2.34. The summed E-state index contributed by atoms with van der Waals surface area (Å²) < 4.78 is 11.3. The third-order valence-electron chi connectivity index (χ3n) is 6.89. The second kappa shape index (κ2) is 13.7. The fourth-order valence-electron chi connectivity index (χ4n) is 4.81. The molecular weight excluding hydrogens is 530 g/mol. The summed E-state index contributed by atoms with van der Waals surface area (Å²) in [5.74, 6) is 0.120. The van der Waals surface area contributed by atoms with Crippen LogP contribution in [0.4, 0.5) is 0 Å². The quantitative estimate of drug-likeness (QED) is 0.216. The number of likely N-dealkylation sites (N-methyl/N-ethyl adjacent to an activating group) is 1. The van der Waals surface area contributed by atoms with Crippen LogP contribution in [0.1, 0.15) is 16.8 Å². The number of likely N-dealkylation sites (tertiary alicyclic amines) is 1. The van der Waals surface area contributed by atoms with Crippen LogP contribution in [0.5, 0.6) is 0 Å². The number of benzene rings is 2. The van der Waals surface area contributed by atoms with Gasteiger partial charge in [-0.15, -0.1) is 11.8 Å². The Morgan fingerprint density at radius 1 is 1.12 bits per heavy atom. The third kappa shape index (κ3) is 7.57. The molecule has 2 fully saturated rings. The highest BCUT2D eigenvalue weighted by molar-refractivity contribution is 8.03. The fraction of sp³-hybridized carbons (Fsp3) is 0.379. The van der Waals surface area contributed by atoms with Crippen LogP contribution in [0.25, 0.3) is 11.1 Å². The molecule has 212 valence electrons. The topological polar surface area (TPSA) is 147 Å². The van der Waals surface area contributed by atoms with Crippen LogP contribution in [0, 0.1) is 11.3 Å². The molecule has 0 aliphatic carbocycles. The number of rotatable bonds is 8. The predicted molar refractivity (Wildman–Crippen MR) is 155 cm³/mol.